The number of carbonyl (C=O) groups excluding carboxylic acids is 2. The smallest absolute Gasteiger partial charge is 0.322 e. The second-order valence-corrected chi connectivity index (χ2v) is 4.48. The highest BCUT2D eigenvalue weighted by molar-refractivity contribution is 5.86. The van der Waals surface area contributed by atoms with Crippen LogP contribution in [-0.4, -0.2) is 42.1 Å². The topological polar surface area (TPSA) is 108 Å². The Kier molecular flexibility index (Phi) is 5.41. The predicted octanol–water partition coefficient (Wildman–Crippen LogP) is -0.325. The Labute approximate surface area is 105 Å². The highest BCUT2D eigenvalue weighted by Gasteiger charge is 2.24. The van der Waals surface area contributed by atoms with Gasteiger partial charge in [0.15, 0.2) is 0 Å². The summed E-state index contributed by atoms with van der Waals surface area (Å²) in [5.41, 5.74) is 0. The molecule has 102 valence electrons. The van der Waals surface area contributed by atoms with Crippen molar-refractivity contribution in [2.75, 3.05) is 13.1 Å². The summed E-state index contributed by atoms with van der Waals surface area (Å²) in [6, 6.07) is -0.305. The number of nitrogens with one attached hydrogen (secondary N) is 3. The molecule has 0 aromatic carbocycles. The average molecular weight is 257 g/mol. The van der Waals surface area contributed by atoms with E-state index in [4.69, 9.17) is 5.11 Å². The summed E-state index contributed by atoms with van der Waals surface area (Å²) in [5.74, 6) is -1.12. The zero-order valence-electron chi connectivity index (χ0n) is 10.4. The molecule has 1 fully saturated rings. The summed E-state index contributed by atoms with van der Waals surface area (Å²) < 4.78 is 0. The van der Waals surface area contributed by atoms with E-state index in [0.29, 0.717) is 5.92 Å². The van der Waals surface area contributed by atoms with Crippen LogP contribution in [0.2, 0.25) is 0 Å². The largest absolute Gasteiger partial charge is 0.480 e. The Morgan fingerprint density at radius 1 is 1.22 bits per heavy atom. The summed E-state index contributed by atoms with van der Waals surface area (Å²) in [6.07, 6.45) is 3.46. The third kappa shape index (κ3) is 5.03. The molecule has 18 heavy (non-hydrogen) atoms. The molecular weight excluding hydrogens is 238 g/mol. The van der Waals surface area contributed by atoms with Crippen molar-refractivity contribution >= 4 is 17.9 Å². The molecule has 0 aliphatic heterocycles. The van der Waals surface area contributed by atoms with E-state index in [1.807, 2.05) is 6.92 Å². The Morgan fingerprint density at radius 3 is 2.39 bits per heavy atom. The summed E-state index contributed by atoms with van der Waals surface area (Å²) in [7, 11) is 0. The first kappa shape index (κ1) is 14.3. The number of carboxylic acids is 1. The number of carboxylic acid groups (broad SMARTS) is 1. The van der Waals surface area contributed by atoms with Crippen molar-refractivity contribution in [3.05, 3.63) is 0 Å². The number of carbonyl (C=O) groups is 3. The van der Waals surface area contributed by atoms with Crippen LogP contribution in [0, 0.1) is 5.92 Å². The molecule has 0 heterocycles. The number of aliphatic carboxylic acids is 1. The molecule has 0 bridgehead atoms. The van der Waals surface area contributed by atoms with Crippen molar-refractivity contribution in [3.63, 3.8) is 0 Å². The fourth-order valence-electron chi connectivity index (χ4n) is 1.71. The average Bonchev–Trinajstić information content (AvgIpc) is 2.20. The molecule has 0 radical (unpaired) electrons. The fourth-order valence-corrected chi connectivity index (χ4v) is 1.71. The first-order chi connectivity index (χ1) is 8.49. The molecule has 7 heteroatoms. The number of urea groups is 1. The monoisotopic (exact) mass is 257 g/mol. The van der Waals surface area contributed by atoms with Gasteiger partial charge in [-0.1, -0.05) is 6.42 Å². The Hall–Kier alpha value is -1.79. The maximum Gasteiger partial charge on any atom is 0.322 e. The lowest BCUT2D eigenvalue weighted by Crippen LogP contribution is -2.48. The van der Waals surface area contributed by atoms with Gasteiger partial charge in [0.05, 0.1) is 6.54 Å². The van der Waals surface area contributed by atoms with Crippen LogP contribution in [-0.2, 0) is 9.59 Å². The number of rotatable bonds is 6. The minimum absolute atomic E-state index is 0.0980. The standard InChI is InChI=1S/C11H19N3O4/c1-7(8-3-2-4-8)14-11(18)13-5-9(15)12-6-10(16)17/h7-8H,2-6H2,1H3,(H,12,15)(H,16,17)(H2,13,14,18). The molecule has 0 spiro atoms. The van der Waals surface area contributed by atoms with E-state index in [9.17, 15) is 14.4 Å². The molecular formula is C11H19N3O4. The van der Waals surface area contributed by atoms with E-state index in [0.717, 1.165) is 12.8 Å². The quantitative estimate of drug-likeness (QED) is 0.522. The van der Waals surface area contributed by atoms with Crippen LogP contribution < -0.4 is 16.0 Å². The summed E-state index contributed by atoms with van der Waals surface area (Å²) >= 11 is 0. The molecule has 4 N–H and O–H groups in total. The maximum atomic E-state index is 11.4. The van der Waals surface area contributed by atoms with Crippen molar-refractivity contribution in [2.45, 2.75) is 32.2 Å². The zero-order chi connectivity index (χ0) is 13.5. The molecule has 0 aromatic rings. The molecule has 1 aliphatic carbocycles. The SMILES string of the molecule is CC(NC(=O)NCC(=O)NCC(=O)O)C1CCC1. The molecule has 1 rings (SSSR count). The van der Waals surface area contributed by atoms with E-state index < -0.39 is 24.5 Å². The lowest BCUT2D eigenvalue weighted by Gasteiger charge is -2.31. The third-order valence-corrected chi connectivity index (χ3v) is 3.06. The van der Waals surface area contributed by atoms with E-state index in [2.05, 4.69) is 16.0 Å². The van der Waals surface area contributed by atoms with E-state index in [1.165, 1.54) is 6.42 Å². The molecule has 1 aliphatic rings. The normalized spacial score (nSPS) is 16.3. The van der Waals surface area contributed by atoms with Crippen molar-refractivity contribution in [1.29, 1.82) is 0 Å². The minimum Gasteiger partial charge on any atom is -0.480 e. The van der Waals surface area contributed by atoms with E-state index in [1.54, 1.807) is 0 Å². The van der Waals surface area contributed by atoms with Crippen molar-refractivity contribution in [1.82, 2.24) is 16.0 Å². The number of amides is 3. The van der Waals surface area contributed by atoms with Gasteiger partial charge in [0.1, 0.15) is 6.54 Å². The summed E-state index contributed by atoms with van der Waals surface area (Å²) in [6.45, 7) is 1.27. The molecule has 1 atom stereocenters. The maximum absolute atomic E-state index is 11.4. The fraction of sp³-hybridized carbons (Fsp3) is 0.727. The third-order valence-electron chi connectivity index (χ3n) is 3.06. The zero-order valence-corrected chi connectivity index (χ0v) is 10.4. The van der Waals surface area contributed by atoms with Gasteiger partial charge in [-0.3, -0.25) is 9.59 Å². The van der Waals surface area contributed by atoms with Gasteiger partial charge in [-0.05, 0) is 25.7 Å². The van der Waals surface area contributed by atoms with Gasteiger partial charge < -0.3 is 21.1 Å². The highest BCUT2D eigenvalue weighted by Crippen LogP contribution is 2.29. The molecule has 1 saturated carbocycles. The summed E-state index contributed by atoms with van der Waals surface area (Å²) in [4.78, 5) is 32.7. The predicted molar refractivity (Wildman–Crippen MR) is 64.0 cm³/mol. The highest BCUT2D eigenvalue weighted by atomic mass is 16.4. The molecule has 1 unspecified atom stereocenters. The Bertz CT molecular complexity index is 328. The van der Waals surface area contributed by atoms with Crippen LogP contribution in [0.3, 0.4) is 0 Å². The molecule has 0 aromatic heterocycles. The Balaban J connectivity index is 2.12. The van der Waals surface area contributed by atoms with Crippen molar-refractivity contribution in [2.24, 2.45) is 5.92 Å². The number of hydrogen-bond acceptors (Lipinski definition) is 3. The van der Waals surface area contributed by atoms with Crippen molar-refractivity contribution < 1.29 is 19.5 Å². The van der Waals surface area contributed by atoms with Gasteiger partial charge in [0.2, 0.25) is 5.91 Å². The Morgan fingerprint density at radius 2 is 1.89 bits per heavy atom. The van der Waals surface area contributed by atoms with Gasteiger partial charge in [-0.25, -0.2) is 4.79 Å². The van der Waals surface area contributed by atoms with Crippen LogP contribution >= 0.6 is 0 Å². The second kappa shape index (κ2) is 6.83. The molecule has 0 saturated heterocycles. The molecule has 7 nitrogen and oxygen atoms in total. The summed E-state index contributed by atoms with van der Waals surface area (Å²) in [5, 5.41) is 15.6. The van der Waals surface area contributed by atoms with Crippen LogP contribution in [0.5, 0.6) is 0 Å². The van der Waals surface area contributed by atoms with Crippen LogP contribution in [0.15, 0.2) is 0 Å². The molecule has 3 amide bonds. The van der Waals surface area contributed by atoms with Crippen molar-refractivity contribution in [3.8, 4) is 0 Å². The van der Waals surface area contributed by atoms with Gasteiger partial charge in [0.25, 0.3) is 0 Å². The van der Waals surface area contributed by atoms with Gasteiger partial charge >= 0.3 is 12.0 Å². The first-order valence-corrected chi connectivity index (χ1v) is 6.02. The second-order valence-electron chi connectivity index (χ2n) is 4.48. The van der Waals surface area contributed by atoms with Crippen LogP contribution in [0.1, 0.15) is 26.2 Å². The number of hydrogen-bond donors (Lipinski definition) is 4. The van der Waals surface area contributed by atoms with Gasteiger partial charge in [-0.2, -0.15) is 0 Å². The first-order valence-electron chi connectivity index (χ1n) is 6.02. The van der Waals surface area contributed by atoms with Crippen LogP contribution in [0.4, 0.5) is 4.79 Å². The van der Waals surface area contributed by atoms with E-state index >= 15 is 0 Å². The lowest BCUT2D eigenvalue weighted by atomic mass is 9.80. The van der Waals surface area contributed by atoms with E-state index in [-0.39, 0.29) is 12.6 Å². The van der Waals surface area contributed by atoms with Gasteiger partial charge in [-0.15, -0.1) is 0 Å². The lowest BCUT2D eigenvalue weighted by molar-refractivity contribution is -0.137. The minimum atomic E-state index is -1.12. The van der Waals surface area contributed by atoms with Gasteiger partial charge in [0, 0.05) is 6.04 Å². The van der Waals surface area contributed by atoms with Crippen LogP contribution in [0.25, 0.3) is 0 Å².